The van der Waals surface area contributed by atoms with Gasteiger partial charge in [0.2, 0.25) is 0 Å². The summed E-state index contributed by atoms with van der Waals surface area (Å²) >= 11 is 3.48. The second kappa shape index (κ2) is 4.63. The molecule has 19 heavy (non-hydrogen) atoms. The number of aromatic nitrogens is 2. The maximum atomic E-state index is 12.6. The maximum absolute atomic E-state index is 12.6. The zero-order valence-electron chi connectivity index (χ0n) is 10.3. The Labute approximate surface area is 118 Å². The topological polar surface area (TPSA) is 34.9 Å². The van der Waals surface area contributed by atoms with Gasteiger partial charge in [0.1, 0.15) is 5.82 Å². The molecule has 94 valence electrons. The van der Waals surface area contributed by atoms with Crippen LogP contribution in [0.3, 0.4) is 0 Å². The van der Waals surface area contributed by atoms with Gasteiger partial charge in [-0.3, -0.25) is 9.36 Å². The minimum atomic E-state index is -0.0463. The Morgan fingerprint density at radius 1 is 1.05 bits per heavy atom. The van der Waals surface area contributed by atoms with Crippen molar-refractivity contribution in [2.45, 2.75) is 6.92 Å². The van der Waals surface area contributed by atoms with Gasteiger partial charge in [0.15, 0.2) is 0 Å². The van der Waals surface area contributed by atoms with E-state index >= 15 is 0 Å². The molecule has 1 heterocycles. The summed E-state index contributed by atoms with van der Waals surface area (Å²) < 4.78 is 2.50. The van der Waals surface area contributed by atoms with Crippen LogP contribution in [0.1, 0.15) is 5.82 Å². The van der Waals surface area contributed by atoms with Gasteiger partial charge < -0.3 is 0 Å². The Morgan fingerprint density at radius 2 is 1.74 bits per heavy atom. The lowest BCUT2D eigenvalue weighted by molar-refractivity contribution is 0.891. The number of halogens is 1. The number of fused-ring (bicyclic) bond motifs is 1. The fourth-order valence-electron chi connectivity index (χ4n) is 2.16. The Kier molecular flexibility index (Phi) is 2.95. The van der Waals surface area contributed by atoms with Gasteiger partial charge in [-0.1, -0.05) is 24.3 Å². The third-order valence-electron chi connectivity index (χ3n) is 3.04. The van der Waals surface area contributed by atoms with Crippen molar-refractivity contribution in [2.24, 2.45) is 0 Å². The van der Waals surface area contributed by atoms with Gasteiger partial charge in [-0.2, -0.15) is 0 Å². The van der Waals surface area contributed by atoms with Crippen LogP contribution in [0.4, 0.5) is 0 Å². The molecule has 0 aliphatic carbocycles. The number of hydrogen-bond acceptors (Lipinski definition) is 2. The third-order valence-corrected chi connectivity index (χ3v) is 3.71. The molecule has 0 spiro atoms. The maximum Gasteiger partial charge on any atom is 0.265 e. The quantitative estimate of drug-likeness (QED) is 0.689. The molecule has 0 aliphatic rings. The van der Waals surface area contributed by atoms with Gasteiger partial charge in [0.05, 0.1) is 16.6 Å². The van der Waals surface area contributed by atoms with Gasteiger partial charge in [0, 0.05) is 4.47 Å². The summed E-state index contributed by atoms with van der Waals surface area (Å²) in [7, 11) is 0. The molecule has 0 saturated heterocycles. The van der Waals surface area contributed by atoms with Crippen molar-refractivity contribution in [1.82, 2.24) is 9.55 Å². The highest BCUT2D eigenvalue weighted by molar-refractivity contribution is 9.10. The minimum absolute atomic E-state index is 0.0463. The molecule has 0 bridgehead atoms. The van der Waals surface area contributed by atoms with E-state index in [1.807, 2.05) is 49.4 Å². The van der Waals surface area contributed by atoms with E-state index in [0.29, 0.717) is 11.2 Å². The summed E-state index contributed by atoms with van der Waals surface area (Å²) in [5, 5.41) is 0.629. The van der Waals surface area contributed by atoms with Crippen LogP contribution in [0.5, 0.6) is 0 Å². The van der Waals surface area contributed by atoms with Crippen molar-refractivity contribution in [1.29, 1.82) is 0 Å². The second-order valence-electron chi connectivity index (χ2n) is 4.27. The molecule has 0 atom stereocenters. The zero-order chi connectivity index (χ0) is 13.4. The number of benzene rings is 2. The Morgan fingerprint density at radius 3 is 2.53 bits per heavy atom. The molecule has 0 radical (unpaired) electrons. The zero-order valence-corrected chi connectivity index (χ0v) is 11.9. The predicted molar refractivity (Wildman–Crippen MR) is 79.8 cm³/mol. The Balaban J connectivity index is 2.43. The van der Waals surface area contributed by atoms with E-state index in [0.717, 1.165) is 15.7 Å². The highest BCUT2D eigenvalue weighted by Crippen LogP contribution is 2.20. The van der Waals surface area contributed by atoms with Gasteiger partial charge in [-0.05, 0) is 47.1 Å². The molecule has 0 saturated carbocycles. The van der Waals surface area contributed by atoms with Crippen LogP contribution in [0.25, 0.3) is 16.6 Å². The van der Waals surface area contributed by atoms with E-state index in [4.69, 9.17) is 0 Å². The first-order valence-electron chi connectivity index (χ1n) is 5.92. The number of rotatable bonds is 1. The molecule has 2 aromatic carbocycles. The summed E-state index contributed by atoms with van der Waals surface area (Å²) in [5.41, 5.74) is 1.49. The average Bonchev–Trinajstić information content (AvgIpc) is 2.41. The third kappa shape index (κ3) is 1.98. The number of para-hydroxylation sites is 2. The SMILES string of the molecule is Cc1nc2ccccc2c(=O)n1-c1ccccc1Br. The number of nitrogens with zero attached hydrogens (tertiary/aromatic N) is 2. The van der Waals surface area contributed by atoms with Gasteiger partial charge in [-0.25, -0.2) is 4.98 Å². The highest BCUT2D eigenvalue weighted by Gasteiger charge is 2.11. The van der Waals surface area contributed by atoms with Crippen molar-refractivity contribution in [3.8, 4) is 5.69 Å². The smallest absolute Gasteiger partial charge is 0.265 e. The summed E-state index contributed by atoms with van der Waals surface area (Å²) in [6.07, 6.45) is 0. The molecule has 4 heteroatoms. The van der Waals surface area contributed by atoms with Crippen molar-refractivity contribution >= 4 is 26.8 Å². The van der Waals surface area contributed by atoms with Crippen LogP contribution in [0.15, 0.2) is 57.8 Å². The van der Waals surface area contributed by atoms with Crippen LogP contribution < -0.4 is 5.56 Å². The van der Waals surface area contributed by atoms with Crippen LogP contribution >= 0.6 is 15.9 Å². The van der Waals surface area contributed by atoms with Crippen LogP contribution in [0.2, 0.25) is 0 Å². The highest BCUT2D eigenvalue weighted by atomic mass is 79.9. The molecule has 0 N–H and O–H groups in total. The molecule has 3 nitrogen and oxygen atoms in total. The normalized spacial score (nSPS) is 10.8. The first-order valence-corrected chi connectivity index (χ1v) is 6.71. The fraction of sp³-hybridized carbons (Fsp3) is 0.0667. The molecular formula is C15H11BrN2O. The van der Waals surface area contributed by atoms with Crippen molar-refractivity contribution in [2.75, 3.05) is 0 Å². The molecular weight excluding hydrogens is 304 g/mol. The lowest BCUT2D eigenvalue weighted by Gasteiger charge is -2.12. The molecule has 0 unspecified atom stereocenters. The van der Waals surface area contributed by atoms with Gasteiger partial charge in [0.25, 0.3) is 5.56 Å². The summed E-state index contributed by atoms with van der Waals surface area (Å²) in [6, 6.07) is 15.0. The summed E-state index contributed by atoms with van der Waals surface area (Å²) in [4.78, 5) is 17.1. The summed E-state index contributed by atoms with van der Waals surface area (Å²) in [6.45, 7) is 1.84. The lowest BCUT2D eigenvalue weighted by atomic mass is 10.2. The van der Waals surface area contributed by atoms with Gasteiger partial charge >= 0.3 is 0 Å². The molecule has 3 rings (SSSR count). The fourth-order valence-corrected chi connectivity index (χ4v) is 2.62. The predicted octanol–water partition coefficient (Wildman–Crippen LogP) is 3.46. The molecule has 3 aromatic rings. The van der Waals surface area contributed by atoms with Crippen LogP contribution in [0, 0.1) is 6.92 Å². The molecule has 0 fully saturated rings. The number of aryl methyl sites for hydroxylation is 1. The molecule has 0 amide bonds. The van der Waals surface area contributed by atoms with Crippen LogP contribution in [-0.2, 0) is 0 Å². The Bertz CT molecular complexity index is 824. The van der Waals surface area contributed by atoms with E-state index in [1.165, 1.54) is 0 Å². The largest absolute Gasteiger partial charge is 0.268 e. The monoisotopic (exact) mass is 314 g/mol. The van der Waals surface area contributed by atoms with Gasteiger partial charge in [-0.15, -0.1) is 0 Å². The molecule has 0 aliphatic heterocycles. The van der Waals surface area contributed by atoms with Crippen molar-refractivity contribution in [3.63, 3.8) is 0 Å². The summed E-state index contributed by atoms with van der Waals surface area (Å²) in [5.74, 6) is 0.676. The van der Waals surface area contributed by atoms with E-state index in [2.05, 4.69) is 20.9 Å². The minimum Gasteiger partial charge on any atom is -0.268 e. The first kappa shape index (κ1) is 12.1. The van der Waals surface area contributed by atoms with E-state index in [1.54, 1.807) is 10.6 Å². The lowest BCUT2D eigenvalue weighted by Crippen LogP contribution is -2.22. The van der Waals surface area contributed by atoms with E-state index in [9.17, 15) is 4.79 Å². The molecule has 1 aromatic heterocycles. The van der Waals surface area contributed by atoms with Crippen molar-refractivity contribution in [3.05, 3.63) is 69.2 Å². The first-order chi connectivity index (χ1) is 9.18. The second-order valence-corrected chi connectivity index (χ2v) is 5.12. The standard InChI is InChI=1S/C15H11BrN2O/c1-10-17-13-8-4-2-6-11(13)15(19)18(10)14-9-5-3-7-12(14)16/h2-9H,1H3. The van der Waals surface area contributed by atoms with Crippen LogP contribution in [-0.4, -0.2) is 9.55 Å². The number of hydrogen-bond donors (Lipinski definition) is 0. The average molecular weight is 315 g/mol. The van der Waals surface area contributed by atoms with E-state index in [-0.39, 0.29) is 5.56 Å². The van der Waals surface area contributed by atoms with E-state index < -0.39 is 0 Å². The Hall–Kier alpha value is -1.94. The van der Waals surface area contributed by atoms with Crippen molar-refractivity contribution < 1.29 is 0 Å².